The van der Waals surface area contributed by atoms with Gasteiger partial charge in [-0.1, -0.05) is 82.6 Å². The average molecular weight is 503 g/mol. The maximum absolute atomic E-state index is 11.8. The van der Waals surface area contributed by atoms with Crippen LogP contribution in [0, 0.1) is 0 Å². The highest BCUT2D eigenvalue weighted by molar-refractivity contribution is 7.53. The summed E-state index contributed by atoms with van der Waals surface area (Å²) in [7, 11) is 0.932. The van der Waals surface area contributed by atoms with Crippen LogP contribution in [0.25, 0.3) is 0 Å². The Hall–Kier alpha value is -0.450. The second-order valence-electron chi connectivity index (χ2n) is 11.1. The number of aliphatic hydroxyl groups is 1. The highest BCUT2D eigenvalue weighted by atomic mass is 31.2. The Balaban J connectivity index is 3.64. The maximum atomic E-state index is 11.8. The molecule has 5 nitrogen and oxygen atoms in total. The van der Waals surface area contributed by atoms with E-state index >= 15 is 0 Å². The summed E-state index contributed by atoms with van der Waals surface area (Å²) in [5.74, 6) is 0. The minimum Gasteiger partial charge on any atom is -0.373 e. The fraction of sp³-hybridized carbons (Fsp3) is 0.857. The van der Waals surface area contributed by atoms with Gasteiger partial charge in [-0.05, 0) is 64.2 Å². The van der Waals surface area contributed by atoms with E-state index in [9.17, 15) is 19.5 Å². The fourth-order valence-corrected chi connectivity index (χ4v) is 5.37. The summed E-state index contributed by atoms with van der Waals surface area (Å²) in [6, 6.07) is 0. The number of likely N-dealkylation sites (N-methyl/N-ethyl adjacent to an activating group) is 1. The third kappa shape index (κ3) is 19.8. The molecule has 0 rings (SSSR count). The third-order valence-corrected chi connectivity index (χ3v) is 7.72. The van der Waals surface area contributed by atoms with Gasteiger partial charge in [0.15, 0.2) is 0 Å². The first-order chi connectivity index (χ1) is 16.0. The summed E-state index contributed by atoms with van der Waals surface area (Å²) in [6.45, 7) is 2.31. The first kappa shape index (κ1) is 33.5. The number of rotatable bonds is 23. The summed E-state index contributed by atoms with van der Waals surface area (Å²) in [4.78, 5) is 19.2. The molecule has 0 aromatic carbocycles. The summed E-state index contributed by atoms with van der Waals surface area (Å²) in [6.07, 6.45) is 29.9. The Labute approximate surface area is 211 Å². The molecule has 1 unspecified atom stereocenters. The molecule has 0 aliphatic carbocycles. The smallest absolute Gasteiger partial charge is 0.362 e. The zero-order chi connectivity index (χ0) is 25.8. The van der Waals surface area contributed by atoms with Crippen molar-refractivity contribution in [3.05, 3.63) is 24.3 Å². The predicted octanol–water partition coefficient (Wildman–Crippen LogP) is 7.71. The first-order valence-electron chi connectivity index (χ1n) is 13.9. The van der Waals surface area contributed by atoms with E-state index in [4.69, 9.17) is 0 Å². The van der Waals surface area contributed by atoms with Crippen molar-refractivity contribution in [2.75, 3.05) is 27.7 Å². The van der Waals surface area contributed by atoms with Gasteiger partial charge in [-0.3, -0.25) is 4.57 Å². The van der Waals surface area contributed by atoms with Crippen molar-refractivity contribution in [2.24, 2.45) is 0 Å². The van der Waals surface area contributed by atoms with Crippen molar-refractivity contribution in [1.82, 2.24) is 0 Å². The molecule has 0 aliphatic rings. The second-order valence-corrected chi connectivity index (χ2v) is 13.0. The molecule has 0 saturated heterocycles. The van der Waals surface area contributed by atoms with Crippen LogP contribution in [0.4, 0.5) is 0 Å². The fourth-order valence-electron chi connectivity index (χ4n) is 4.32. The molecule has 0 aromatic heterocycles. The molecule has 0 amide bonds. The van der Waals surface area contributed by atoms with Gasteiger partial charge >= 0.3 is 7.60 Å². The van der Waals surface area contributed by atoms with Crippen LogP contribution in [0.1, 0.15) is 122 Å². The summed E-state index contributed by atoms with van der Waals surface area (Å²) in [5.41, 5.74) is 0. The summed E-state index contributed by atoms with van der Waals surface area (Å²) in [5, 5.41) is 8.61. The van der Waals surface area contributed by atoms with Gasteiger partial charge in [0.05, 0.1) is 21.1 Å². The lowest BCUT2D eigenvalue weighted by molar-refractivity contribution is -0.875. The minimum absolute atomic E-state index is 0.0438. The van der Waals surface area contributed by atoms with Crippen LogP contribution in [0.5, 0.6) is 0 Å². The molecule has 1 atom stereocenters. The number of hydrogen-bond donors (Lipinski definition) is 3. The Bertz CT molecular complexity index is 579. The lowest BCUT2D eigenvalue weighted by atomic mass is 10.1. The molecule has 202 valence electrons. The highest BCUT2D eigenvalue weighted by Crippen LogP contribution is 2.52. The molecule has 34 heavy (non-hydrogen) atoms. The first-order valence-corrected chi connectivity index (χ1v) is 15.5. The quantitative estimate of drug-likeness (QED) is 0.0578. The molecule has 0 fully saturated rings. The normalized spacial score (nSPS) is 14.9. The molecule has 3 N–H and O–H groups in total. The number of hydrogen-bond acceptors (Lipinski definition) is 2. The molecule has 0 saturated carbocycles. The Morgan fingerprint density at radius 3 is 1.35 bits per heavy atom. The standard InChI is InChI=1S/C28H56NO4P/c1-5-6-7-8-9-10-11-12-13-14-15-16-17-18-19-20-21-22-23-24-25-26-28(30,34(31,32)33)27-29(2,3)4/h13-14,21-22,30H,5-12,15-20,23-27H2,1-4H3,(H-,31,32,33)/p+1/b14-13-,22-21-. The van der Waals surface area contributed by atoms with Crippen molar-refractivity contribution >= 4 is 7.60 Å². The van der Waals surface area contributed by atoms with E-state index < -0.39 is 12.9 Å². The number of allylic oxidation sites excluding steroid dienone is 4. The molecule has 0 bridgehead atoms. The molecule has 0 aromatic rings. The van der Waals surface area contributed by atoms with Gasteiger partial charge in [-0.15, -0.1) is 0 Å². The molecular weight excluding hydrogens is 445 g/mol. The molecule has 0 radical (unpaired) electrons. The van der Waals surface area contributed by atoms with Crippen LogP contribution < -0.4 is 0 Å². The third-order valence-electron chi connectivity index (χ3n) is 6.27. The largest absolute Gasteiger partial charge is 0.373 e. The van der Waals surface area contributed by atoms with E-state index in [0.717, 1.165) is 19.3 Å². The predicted molar refractivity (Wildman–Crippen MR) is 147 cm³/mol. The SMILES string of the molecule is CCCCCCCCC/C=C\CCCCCC/C=C\CCCCC(O)(C[N+](C)(C)C)P(=O)(O)O. The van der Waals surface area contributed by atoms with Gasteiger partial charge in [0, 0.05) is 0 Å². The number of unbranched alkanes of at least 4 members (excludes halogenated alkanes) is 14. The Morgan fingerprint density at radius 2 is 1.00 bits per heavy atom. The van der Waals surface area contributed by atoms with Crippen molar-refractivity contribution in [3.63, 3.8) is 0 Å². The van der Waals surface area contributed by atoms with Gasteiger partial charge < -0.3 is 19.4 Å². The lowest BCUT2D eigenvalue weighted by Crippen LogP contribution is -2.49. The Kier molecular flexibility index (Phi) is 19.4. The van der Waals surface area contributed by atoms with Gasteiger partial charge in [-0.25, -0.2) is 0 Å². The van der Waals surface area contributed by atoms with Crippen molar-refractivity contribution < 1.29 is 23.9 Å². The average Bonchev–Trinajstić information content (AvgIpc) is 2.73. The maximum Gasteiger partial charge on any atom is 0.362 e. The van der Waals surface area contributed by atoms with Crippen LogP contribution in [0.2, 0.25) is 0 Å². The molecule has 0 spiro atoms. The monoisotopic (exact) mass is 502 g/mol. The van der Waals surface area contributed by atoms with E-state index in [1.54, 1.807) is 0 Å². The highest BCUT2D eigenvalue weighted by Gasteiger charge is 2.48. The van der Waals surface area contributed by atoms with Crippen molar-refractivity contribution in [1.29, 1.82) is 0 Å². The van der Waals surface area contributed by atoms with Gasteiger partial charge in [0.2, 0.25) is 5.34 Å². The van der Waals surface area contributed by atoms with Crippen LogP contribution in [0.3, 0.4) is 0 Å². The molecule has 0 aliphatic heterocycles. The minimum atomic E-state index is -4.56. The topological polar surface area (TPSA) is 77.8 Å². The molecule has 0 heterocycles. The van der Waals surface area contributed by atoms with Gasteiger partial charge in [0.1, 0.15) is 6.54 Å². The Morgan fingerprint density at radius 1 is 0.647 bits per heavy atom. The molecule has 6 heteroatoms. The van der Waals surface area contributed by atoms with Crippen LogP contribution >= 0.6 is 7.60 Å². The lowest BCUT2D eigenvalue weighted by Gasteiger charge is -2.35. The van der Waals surface area contributed by atoms with Crippen LogP contribution in [-0.2, 0) is 4.57 Å². The van der Waals surface area contributed by atoms with E-state index in [2.05, 4.69) is 31.2 Å². The summed E-state index contributed by atoms with van der Waals surface area (Å²) >= 11 is 0. The number of nitrogens with zero attached hydrogens (tertiary/aromatic N) is 1. The number of quaternary nitrogens is 1. The van der Waals surface area contributed by atoms with E-state index in [-0.39, 0.29) is 13.0 Å². The van der Waals surface area contributed by atoms with Gasteiger partial charge in [-0.2, -0.15) is 0 Å². The molecular formula is C28H57NO4P+. The van der Waals surface area contributed by atoms with E-state index in [1.165, 1.54) is 83.5 Å². The zero-order valence-electron chi connectivity index (χ0n) is 22.9. The summed E-state index contributed by atoms with van der Waals surface area (Å²) < 4.78 is 12.1. The van der Waals surface area contributed by atoms with Gasteiger partial charge in [0.25, 0.3) is 0 Å². The van der Waals surface area contributed by atoms with Crippen molar-refractivity contribution in [3.8, 4) is 0 Å². The van der Waals surface area contributed by atoms with Crippen LogP contribution in [0.15, 0.2) is 24.3 Å². The van der Waals surface area contributed by atoms with Crippen LogP contribution in [-0.4, -0.2) is 52.4 Å². The van der Waals surface area contributed by atoms with Crippen molar-refractivity contribution in [2.45, 2.75) is 128 Å². The van der Waals surface area contributed by atoms with E-state index in [0.29, 0.717) is 10.9 Å². The second kappa shape index (κ2) is 19.7. The van der Waals surface area contributed by atoms with E-state index in [1.807, 2.05) is 21.1 Å². The zero-order valence-corrected chi connectivity index (χ0v) is 23.8.